The van der Waals surface area contributed by atoms with Crippen LogP contribution in [0, 0.1) is 0 Å². The van der Waals surface area contributed by atoms with Crippen LogP contribution < -0.4 is 0 Å². The minimum Gasteiger partial charge on any atom is -0.367 e. The fourth-order valence-corrected chi connectivity index (χ4v) is 1.97. The number of ether oxygens (including phenoxy) is 1. The minimum absolute atomic E-state index is 0.0714. The van der Waals surface area contributed by atoms with Gasteiger partial charge in [0, 0.05) is 12.2 Å². The van der Waals surface area contributed by atoms with Crippen LogP contribution >= 0.6 is 0 Å². The summed E-state index contributed by atoms with van der Waals surface area (Å²) in [6.45, 7) is 10.6. The Morgan fingerprint density at radius 2 is 1.78 bits per heavy atom. The maximum absolute atomic E-state index is 12.4. The van der Waals surface area contributed by atoms with E-state index in [4.69, 9.17) is 4.74 Å². The second-order valence-electron chi connectivity index (χ2n) is 5.12. The molecule has 2 heteroatoms. The standard InChI is InChI=1S/C16H24O2/c1-6-16(5,18-7-2)15(17)14-10-8-13(9-11-14)12(3)4/h8-12H,6-7H2,1-5H3. The van der Waals surface area contributed by atoms with E-state index in [-0.39, 0.29) is 5.78 Å². The number of rotatable bonds is 6. The highest BCUT2D eigenvalue weighted by Gasteiger charge is 2.32. The van der Waals surface area contributed by atoms with Crippen molar-refractivity contribution in [1.29, 1.82) is 0 Å². The quantitative estimate of drug-likeness (QED) is 0.705. The smallest absolute Gasteiger partial charge is 0.194 e. The van der Waals surface area contributed by atoms with E-state index in [9.17, 15) is 4.79 Å². The van der Waals surface area contributed by atoms with Crippen LogP contribution in [-0.4, -0.2) is 18.0 Å². The number of Topliss-reactive ketones (excluding diaryl/α,β-unsaturated/α-hetero) is 1. The van der Waals surface area contributed by atoms with Crippen molar-refractivity contribution in [1.82, 2.24) is 0 Å². The fourth-order valence-electron chi connectivity index (χ4n) is 1.97. The van der Waals surface area contributed by atoms with E-state index in [0.717, 1.165) is 5.56 Å². The van der Waals surface area contributed by atoms with E-state index < -0.39 is 5.60 Å². The number of ketones is 1. The average Bonchev–Trinajstić information content (AvgIpc) is 2.38. The fraction of sp³-hybridized carbons (Fsp3) is 0.562. The van der Waals surface area contributed by atoms with Crippen molar-refractivity contribution in [3.63, 3.8) is 0 Å². The van der Waals surface area contributed by atoms with E-state index in [1.165, 1.54) is 5.56 Å². The highest BCUT2D eigenvalue weighted by Crippen LogP contribution is 2.23. The summed E-state index contributed by atoms with van der Waals surface area (Å²) in [6.07, 6.45) is 0.686. The van der Waals surface area contributed by atoms with Crippen molar-refractivity contribution in [2.45, 2.75) is 52.6 Å². The van der Waals surface area contributed by atoms with E-state index in [2.05, 4.69) is 13.8 Å². The molecular formula is C16H24O2. The van der Waals surface area contributed by atoms with E-state index >= 15 is 0 Å². The van der Waals surface area contributed by atoms with Crippen molar-refractivity contribution in [2.75, 3.05) is 6.61 Å². The molecule has 0 radical (unpaired) electrons. The first kappa shape index (κ1) is 14.9. The molecule has 1 rings (SSSR count). The zero-order valence-corrected chi connectivity index (χ0v) is 12.1. The Balaban J connectivity index is 2.96. The zero-order chi connectivity index (χ0) is 13.8. The summed E-state index contributed by atoms with van der Waals surface area (Å²) in [7, 11) is 0. The van der Waals surface area contributed by atoms with Crippen LogP contribution in [0.1, 0.15) is 62.9 Å². The lowest BCUT2D eigenvalue weighted by Crippen LogP contribution is -2.37. The van der Waals surface area contributed by atoms with Crippen LogP contribution in [0.5, 0.6) is 0 Å². The molecule has 0 fully saturated rings. The van der Waals surface area contributed by atoms with Gasteiger partial charge in [0.2, 0.25) is 0 Å². The molecule has 100 valence electrons. The first-order chi connectivity index (χ1) is 8.44. The molecule has 2 nitrogen and oxygen atoms in total. The van der Waals surface area contributed by atoms with Gasteiger partial charge in [-0.05, 0) is 31.7 Å². The van der Waals surface area contributed by atoms with Gasteiger partial charge in [-0.25, -0.2) is 0 Å². The Bertz CT molecular complexity index is 392. The van der Waals surface area contributed by atoms with Gasteiger partial charge in [0.1, 0.15) is 5.60 Å². The van der Waals surface area contributed by atoms with Gasteiger partial charge in [-0.1, -0.05) is 45.0 Å². The molecule has 0 aliphatic carbocycles. The first-order valence-electron chi connectivity index (χ1n) is 6.73. The molecular weight excluding hydrogens is 224 g/mol. The third-order valence-corrected chi connectivity index (χ3v) is 3.46. The lowest BCUT2D eigenvalue weighted by molar-refractivity contribution is -0.0116. The zero-order valence-electron chi connectivity index (χ0n) is 12.1. The van der Waals surface area contributed by atoms with Gasteiger partial charge in [0.05, 0.1) is 0 Å². The van der Waals surface area contributed by atoms with Crippen LogP contribution in [-0.2, 0) is 4.74 Å². The molecule has 0 N–H and O–H groups in total. The van der Waals surface area contributed by atoms with Crippen molar-refractivity contribution in [3.8, 4) is 0 Å². The van der Waals surface area contributed by atoms with E-state index in [1.54, 1.807) is 0 Å². The molecule has 0 heterocycles. The summed E-state index contributed by atoms with van der Waals surface area (Å²) < 4.78 is 5.62. The lowest BCUT2D eigenvalue weighted by atomic mass is 9.90. The third-order valence-electron chi connectivity index (χ3n) is 3.46. The van der Waals surface area contributed by atoms with Crippen LogP contribution in [0.3, 0.4) is 0 Å². The SMILES string of the molecule is CCOC(C)(CC)C(=O)c1ccc(C(C)C)cc1. The van der Waals surface area contributed by atoms with Crippen LogP contribution in [0.4, 0.5) is 0 Å². The maximum Gasteiger partial charge on any atom is 0.194 e. The Morgan fingerprint density at radius 1 is 1.22 bits per heavy atom. The molecule has 0 saturated heterocycles. The predicted octanol–water partition coefficient (Wildman–Crippen LogP) is 4.20. The van der Waals surface area contributed by atoms with E-state index in [1.807, 2.05) is 45.0 Å². The van der Waals surface area contributed by atoms with E-state index in [0.29, 0.717) is 18.9 Å². The molecule has 0 aliphatic heterocycles. The molecule has 1 aromatic rings. The van der Waals surface area contributed by atoms with Crippen molar-refractivity contribution in [3.05, 3.63) is 35.4 Å². The Hall–Kier alpha value is -1.15. The second-order valence-corrected chi connectivity index (χ2v) is 5.12. The monoisotopic (exact) mass is 248 g/mol. The van der Waals surface area contributed by atoms with Gasteiger partial charge in [-0.2, -0.15) is 0 Å². The third kappa shape index (κ3) is 3.20. The van der Waals surface area contributed by atoms with Crippen LogP contribution in [0.2, 0.25) is 0 Å². The molecule has 0 amide bonds. The Labute approximate surface area is 110 Å². The van der Waals surface area contributed by atoms with Crippen LogP contribution in [0.15, 0.2) is 24.3 Å². The Kier molecular flexibility index (Phi) is 5.09. The topological polar surface area (TPSA) is 26.3 Å². The summed E-state index contributed by atoms with van der Waals surface area (Å²) in [5.74, 6) is 0.556. The molecule has 18 heavy (non-hydrogen) atoms. The normalized spacial score (nSPS) is 14.6. The molecule has 0 aliphatic rings. The summed E-state index contributed by atoms with van der Waals surface area (Å²) in [4.78, 5) is 12.4. The minimum atomic E-state index is -0.700. The van der Waals surface area contributed by atoms with Crippen molar-refractivity contribution in [2.24, 2.45) is 0 Å². The van der Waals surface area contributed by atoms with Crippen molar-refractivity contribution >= 4 is 5.78 Å². The molecule has 1 atom stereocenters. The number of carbonyl (C=O) groups excluding carboxylic acids is 1. The maximum atomic E-state index is 12.4. The average molecular weight is 248 g/mol. The molecule has 1 aromatic carbocycles. The van der Waals surface area contributed by atoms with Gasteiger partial charge >= 0.3 is 0 Å². The van der Waals surface area contributed by atoms with Gasteiger partial charge in [0.15, 0.2) is 5.78 Å². The molecule has 0 spiro atoms. The summed E-state index contributed by atoms with van der Waals surface area (Å²) >= 11 is 0. The molecule has 0 aromatic heterocycles. The highest BCUT2D eigenvalue weighted by molar-refractivity contribution is 6.02. The molecule has 0 saturated carbocycles. The van der Waals surface area contributed by atoms with Gasteiger partial charge in [-0.3, -0.25) is 4.79 Å². The number of hydrogen-bond acceptors (Lipinski definition) is 2. The lowest BCUT2D eigenvalue weighted by Gasteiger charge is -2.26. The predicted molar refractivity (Wildman–Crippen MR) is 75.2 cm³/mol. The summed E-state index contributed by atoms with van der Waals surface area (Å²) in [5.41, 5.74) is 1.28. The second kappa shape index (κ2) is 6.14. The molecule has 1 unspecified atom stereocenters. The number of benzene rings is 1. The first-order valence-corrected chi connectivity index (χ1v) is 6.73. The highest BCUT2D eigenvalue weighted by atomic mass is 16.5. The summed E-state index contributed by atoms with van der Waals surface area (Å²) in [6, 6.07) is 7.87. The largest absolute Gasteiger partial charge is 0.367 e. The number of carbonyl (C=O) groups is 1. The van der Waals surface area contributed by atoms with Gasteiger partial charge < -0.3 is 4.74 Å². The van der Waals surface area contributed by atoms with Crippen LogP contribution in [0.25, 0.3) is 0 Å². The number of hydrogen-bond donors (Lipinski definition) is 0. The summed E-state index contributed by atoms with van der Waals surface area (Å²) in [5, 5.41) is 0. The molecule has 0 bridgehead atoms. The van der Waals surface area contributed by atoms with Crippen molar-refractivity contribution < 1.29 is 9.53 Å². The van der Waals surface area contributed by atoms with Gasteiger partial charge in [0.25, 0.3) is 0 Å². The van der Waals surface area contributed by atoms with Gasteiger partial charge in [-0.15, -0.1) is 0 Å². The Morgan fingerprint density at radius 3 is 2.17 bits per heavy atom.